The fraction of sp³-hybridized carbons (Fsp3) is 0.158. The predicted octanol–water partition coefficient (Wildman–Crippen LogP) is 2.92. The van der Waals surface area contributed by atoms with Crippen LogP contribution in [-0.2, 0) is 10.0 Å². The number of hydrogen-bond acceptors (Lipinski definition) is 4. The smallest absolute Gasteiger partial charge is 0.268 e. The van der Waals surface area contributed by atoms with Gasteiger partial charge in [0.15, 0.2) is 0 Å². The minimum Gasteiger partial charge on any atom is -0.268 e. The predicted molar refractivity (Wildman–Crippen MR) is 98.9 cm³/mol. The van der Waals surface area contributed by atoms with Crippen molar-refractivity contribution in [1.29, 1.82) is 0 Å². The number of rotatable bonds is 4. The molecule has 0 aliphatic rings. The van der Waals surface area contributed by atoms with E-state index in [-0.39, 0.29) is 10.5 Å². The molecular formula is C19H19N3O3S. The monoisotopic (exact) mass is 369 g/mol. The van der Waals surface area contributed by atoms with Crippen molar-refractivity contribution < 1.29 is 13.2 Å². The molecule has 0 spiro atoms. The molecule has 1 heterocycles. The molecule has 3 rings (SSSR count). The number of aromatic nitrogens is 2. The fourth-order valence-electron chi connectivity index (χ4n) is 2.77. The van der Waals surface area contributed by atoms with Crippen molar-refractivity contribution in [3.05, 3.63) is 77.1 Å². The van der Waals surface area contributed by atoms with Gasteiger partial charge in [0.05, 0.1) is 28.0 Å². The van der Waals surface area contributed by atoms with E-state index < -0.39 is 15.9 Å². The number of nitrogens with one attached hydrogen (secondary N) is 1. The highest BCUT2D eigenvalue weighted by Gasteiger charge is 2.23. The SMILES string of the molecule is Cc1ccccc1-n1ncc(C(=O)NS(=O)(=O)c2ccccc2C)c1C. The van der Waals surface area contributed by atoms with E-state index in [9.17, 15) is 13.2 Å². The summed E-state index contributed by atoms with van der Waals surface area (Å²) in [6, 6.07) is 14.1. The average Bonchev–Trinajstić information content (AvgIpc) is 2.96. The van der Waals surface area contributed by atoms with Gasteiger partial charge in [-0.25, -0.2) is 17.8 Å². The lowest BCUT2D eigenvalue weighted by Crippen LogP contribution is -2.31. The molecule has 134 valence electrons. The maximum Gasteiger partial charge on any atom is 0.268 e. The second-order valence-corrected chi connectivity index (χ2v) is 7.69. The largest absolute Gasteiger partial charge is 0.268 e. The van der Waals surface area contributed by atoms with Gasteiger partial charge in [-0.2, -0.15) is 5.10 Å². The first-order valence-electron chi connectivity index (χ1n) is 8.04. The van der Waals surface area contributed by atoms with Gasteiger partial charge in [-0.1, -0.05) is 36.4 Å². The van der Waals surface area contributed by atoms with Crippen LogP contribution in [0.3, 0.4) is 0 Å². The van der Waals surface area contributed by atoms with E-state index in [0.29, 0.717) is 11.3 Å². The van der Waals surface area contributed by atoms with Crippen molar-refractivity contribution in [2.75, 3.05) is 0 Å². The van der Waals surface area contributed by atoms with Gasteiger partial charge < -0.3 is 0 Å². The third kappa shape index (κ3) is 3.25. The number of carbonyl (C=O) groups excluding carboxylic acids is 1. The van der Waals surface area contributed by atoms with Crippen LogP contribution in [0.15, 0.2) is 59.6 Å². The first-order chi connectivity index (χ1) is 12.3. The standard InChI is InChI=1S/C19H19N3O3S/c1-13-8-4-6-10-17(13)22-15(3)16(12-20-22)19(23)21-26(24,25)18-11-7-5-9-14(18)2/h4-12H,1-3H3,(H,21,23). The zero-order valence-electron chi connectivity index (χ0n) is 14.7. The summed E-state index contributed by atoms with van der Waals surface area (Å²) in [5.74, 6) is -0.703. The van der Waals surface area contributed by atoms with Crippen molar-refractivity contribution in [2.45, 2.75) is 25.7 Å². The van der Waals surface area contributed by atoms with Crippen molar-refractivity contribution >= 4 is 15.9 Å². The minimum atomic E-state index is -3.96. The highest BCUT2D eigenvalue weighted by atomic mass is 32.2. The molecule has 0 saturated carbocycles. The van der Waals surface area contributed by atoms with Crippen LogP contribution < -0.4 is 4.72 Å². The number of hydrogen-bond donors (Lipinski definition) is 1. The van der Waals surface area contributed by atoms with Crippen LogP contribution >= 0.6 is 0 Å². The fourth-order valence-corrected chi connectivity index (χ4v) is 3.98. The van der Waals surface area contributed by atoms with E-state index in [2.05, 4.69) is 9.82 Å². The molecule has 1 aromatic heterocycles. The first-order valence-corrected chi connectivity index (χ1v) is 9.53. The van der Waals surface area contributed by atoms with E-state index >= 15 is 0 Å². The van der Waals surface area contributed by atoms with Crippen LogP contribution in [0.1, 0.15) is 27.2 Å². The minimum absolute atomic E-state index is 0.0808. The van der Waals surface area contributed by atoms with E-state index in [0.717, 1.165) is 11.3 Å². The number of amides is 1. The molecule has 0 aliphatic carbocycles. The summed E-state index contributed by atoms with van der Waals surface area (Å²) < 4.78 is 28.8. The van der Waals surface area contributed by atoms with Crippen LogP contribution in [0, 0.1) is 20.8 Å². The third-order valence-electron chi connectivity index (χ3n) is 4.21. The van der Waals surface area contributed by atoms with Gasteiger partial charge >= 0.3 is 0 Å². The summed E-state index contributed by atoms with van der Waals surface area (Å²) in [7, 11) is -3.96. The molecule has 26 heavy (non-hydrogen) atoms. The number of carbonyl (C=O) groups is 1. The summed E-state index contributed by atoms with van der Waals surface area (Å²) in [4.78, 5) is 12.6. The maximum atomic E-state index is 12.6. The zero-order chi connectivity index (χ0) is 18.9. The molecule has 0 saturated heterocycles. The first kappa shape index (κ1) is 17.9. The molecule has 0 bridgehead atoms. The highest BCUT2D eigenvalue weighted by molar-refractivity contribution is 7.90. The Morgan fingerprint density at radius 3 is 2.23 bits per heavy atom. The van der Waals surface area contributed by atoms with Crippen molar-refractivity contribution in [2.24, 2.45) is 0 Å². The number of sulfonamides is 1. The van der Waals surface area contributed by atoms with Gasteiger partial charge in [0.25, 0.3) is 15.9 Å². The molecule has 0 fully saturated rings. The second-order valence-electron chi connectivity index (χ2n) is 6.04. The molecular weight excluding hydrogens is 350 g/mol. The molecule has 1 amide bonds. The molecule has 0 aliphatic heterocycles. The van der Waals surface area contributed by atoms with Gasteiger partial charge in [-0.05, 0) is 44.0 Å². The summed E-state index contributed by atoms with van der Waals surface area (Å²) in [6.45, 7) is 5.36. The lowest BCUT2D eigenvalue weighted by Gasteiger charge is -2.10. The number of nitrogens with zero attached hydrogens (tertiary/aromatic N) is 2. The number of benzene rings is 2. The van der Waals surface area contributed by atoms with Gasteiger partial charge in [-0.15, -0.1) is 0 Å². The average molecular weight is 369 g/mol. The molecule has 0 unspecified atom stereocenters. The molecule has 6 nitrogen and oxygen atoms in total. The molecule has 0 radical (unpaired) electrons. The van der Waals surface area contributed by atoms with Crippen LogP contribution in [0.25, 0.3) is 5.69 Å². The third-order valence-corrected chi connectivity index (χ3v) is 5.70. The second kappa shape index (κ2) is 6.76. The van der Waals surface area contributed by atoms with Crippen LogP contribution in [0.2, 0.25) is 0 Å². The van der Waals surface area contributed by atoms with Crippen molar-refractivity contribution in [3.8, 4) is 5.69 Å². The Bertz CT molecular complexity index is 1080. The molecule has 2 aromatic carbocycles. The number of aryl methyl sites for hydroxylation is 2. The summed E-state index contributed by atoms with van der Waals surface area (Å²) >= 11 is 0. The van der Waals surface area contributed by atoms with Crippen molar-refractivity contribution in [3.63, 3.8) is 0 Å². The Morgan fingerprint density at radius 1 is 0.962 bits per heavy atom. The van der Waals surface area contributed by atoms with E-state index in [1.807, 2.05) is 31.2 Å². The van der Waals surface area contributed by atoms with Gasteiger partial charge in [0.1, 0.15) is 0 Å². The summed E-state index contributed by atoms with van der Waals surface area (Å²) in [6.07, 6.45) is 1.38. The molecule has 0 atom stereocenters. The van der Waals surface area contributed by atoms with Gasteiger partial charge in [0, 0.05) is 0 Å². The molecule has 7 heteroatoms. The lowest BCUT2D eigenvalue weighted by atomic mass is 10.2. The molecule has 1 N–H and O–H groups in total. The zero-order valence-corrected chi connectivity index (χ0v) is 15.5. The summed E-state index contributed by atoms with van der Waals surface area (Å²) in [5.41, 5.74) is 3.19. The maximum absolute atomic E-state index is 12.6. The van der Waals surface area contributed by atoms with E-state index in [4.69, 9.17) is 0 Å². The van der Waals surface area contributed by atoms with Gasteiger partial charge in [-0.3, -0.25) is 4.79 Å². The Hall–Kier alpha value is -2.93. The normalized spacial score (nSPS) is 11.3. The van der Waals surface area contributed by atoms with E-state index in [1.165, 1.54) is 12.3 Å². The topological polar surface area (TPSA) is 81.1 Å². The summed E-state index contributed by atoms with van der Waals surface area (Å²) in [5, 5.41) is 4.25. The van der Waals surface area contributed by atoms with Crippen LogP contribution in [0.4, 0.5) is 0 Å². The van der Waals surface area contributed by atoms with E-state index in [1.54, 1.807) is 36.7 Å². The Morgan fingerprint density at radius 2 is 1.58 bits per heavy atom. The number of para-hydroxylation sites is 1. The highest BCUT2D eigenvalue weighted by Crippen LogP contribution is 2.19. The van der Waals surface area contributed by atoms with Crippen LogP contribution in [0.5, 0.6) is 0 Å². The Labute approximate surface area is 152 Å². The Kier molecular flexibility index (Phi) is 4.65. The van der Waals surface area contributed by atoms with Crippen molar-refractivity contribution in [1.82, 2.24) is 14.5 Å². The van der Waals surface area contributed by atoms with Gasteiger partial charge in [0.2, 0.25) is 0 Å². The lowest BCUT2D eigenvalue weighted by molar-refractivity contribution is 0.0981. The quantitative estimate of drug-likeness (QED) is 0.767. The van der Waals surface area contributed by atoms with Crippen LogP contribution in [-0.4, -0.2) is 24.1 Å². The Balaban J connectivity index is 1.93. The molecule has 3 aromatic rings.